The van der Waals surface area contributed by atoms with Gasteiger partial charge in [0.1, 0.15) is 15.7 Å². The Hall–Kier alpha value is -0.940. The topological polar surface area (TPSA) is 46.2 Å². The van der Waals surface area contributed by atoms with E-state index in [1.807, 2.05) is 19.1 Å². The van der Waals surface area contributed by atoms with E-state index >= 15 is 0 Å². The van der Waals surface area contributed by atoms with Gasteiger partial charge in [-0.2, -0.15) is 0 Å². The van der Waals surface area contributed by atoms with Crippen molar-refractivity contribution in [3.63, 3.8) is 0 Å². The summed E-state index contributed by atoms with van der Waals surface area (Å²) in [7, 11) is -2.81. The highest BCUT2D eigenvalue weighted by Crippen LogP contribution is 2.22. The van der Waals surface area contributed by atoms with Crippen molar-refractivity contribution in [2.45, 2.75) is 32.2 Å². The molecule has 1 saturated heterocycles. The van der Waals surface area contributed by atoms with Crippen LogP contribution in [0, 0.1) is 11.7 Å². The van der Waals surface area contributed by atoms with Crippen LogP contribution in [0.3, 0.4) is 0 Å². The van der Waals surface area contributed by atoms with Crippen molar-refractivity contribution in [3.8, 4) is 0 Å². The molecule has 5 heteroatoms. The summed E-state index contributed by atoms with van der Waals surface area (Å²) in [6.07, 6.45) is 2.23. The van der Waals surface area contributed by atoms with E-state index < -0.39 is 9.84 Å². The first-order valence-electron chi connectivity index (χ1n) is 7.20. The van der Waals surface area contributed by atoms with Crippen LogP contribution in [0.1, 0.15) is 37.8 Å². The Morgan fingerprint density at radius 3 is 2.55 bits per heavy atom. The van der Waals surface area contributed by atoms with Gasteiger partial charge in [-0.1, -0.05) is 25.1 Å². The number of rotatable bonds is 5. The molecular formula is C15H22FNO2S. The lowest BCUT2D eigenvalue weighted by molar-refractivity contribution is 0.390. The highest BCUT2D eigenvalue weighted by Gasteiger charge is 2.24. The summed E-state index contributed by atoms with van der Waals surface area (Å²) in [6, 6.07) is 6.82. The fourth-order valence-electron chi connectivity index (χ4n) is 2.68. The van der Waals surface area contributed by atoms with E-state index in [9.17, 15) is 12.8 Å². The maximum Gasteiger partial charge on any atom is 0.150 e. The molecule has 0 aliphatic carbocycles. The van der Waals surface area contributed by atoms with Gasteiger partial charge in [-0.15, -0.1) is 0 Å². The van der Waals surface area contributed by atoms with Crippen LogP contribution in [0.15, 0.2) is 24.3 Å². The molecule has 0 aromatic heterocycles. The molecule has 0 radical (unpaired) electrons. The Morgan fingerprint density at radius 2 is 1.95 bits per heavy atom. The lowest BCUT2D eigenvalue weighted by Gasteiger charge is -2.25. The lowest BCUT2D eigenvalue weighted by atomic mass is 10.00. The van der Waals surface area contributed by atoms with Crippen molar-refractivity contribution < 1.29 is 12.8 Å². The summed E-state index contributed by atoms with van der Waals surface area (Å²) in [4.78, 5) is 0. The van der Waals surface area contributed by atoms with Crippen molar-refractivity contribution in [3.05, 3.63) is 35.6 Å². The highest BCUT2D eigenvalue weighted by atomic mass is 32.2. The minimum Gasteiger partial charge on any atom is -0.310 e. The molecule has 1 aliphatic heterocycles. The fourth-order valence-corrected chi connectivity index (χ4v) is 4.27. The van der Waals surface area contributed by atoms with E-state index in [0.717, 1.165) is 13.0 Å². The van der Waals surface area contributed by atoms with Gasteiger partial charge in [-0.05, 0) is 37.8 Å². The number of nitrogens with one attached hydrogen (secondary N) is 1. The maximum absolute atomic E-state index is 13.8. The zero-order valence-electron chi connectivity index (χ0n) is 11.8. The molecule has 0 bridgehead atoms. The van der Waals surface area contributed by atoms with Crippen molar-refractivity contribution in [1.29, 1.82) is 0 Å². The molecule has 0 spiro atoms. The lowest BCUT2D eigenvalue weighted by Crippen LogP contribution is -2.33. The molecule has 0 saturated carbocycles. The summed E-state index contributed by atoms with van der Waals surface area (Å²) in [6.45, 7) is 2.78. The van der Waals surface area contributed by atoms with Gasteiger partial charge in [0.05, 0.1) is 11.5 Å². The smallest absolute Gasteiger partial charge is 0.150 e. The first-order valence-corrected chi connectivity index (χ1v) is 9.02. The molecule has 20 heavy (non-hydrogen) atoms. The minimum atomic E-state index is -2.81. The second kappa shape index (κ2) is 6.68. The zero-order valence-corrected chi connectivity index (χ0v) is 12.6. The van der Waals surface area contributed by atoms with Crippen LogP contribution in [0.2, 0.25) is 0 Å². The van der Waals surface area contributed by atoms with Crippen molar-refractivity contribution in [2.24, 2.45) is 5.92 Å². The van der Waals surface area contributed by atoms with Crippen LogP contribution >= 0.6 is 0 Å². The van der Waals surface area contributed by atoms with Gasteiger partial charge in [0.25, 0.3) is 0 Å². The Morgan fingerprint density at radius 1 is 1.30 bits per heavy atom. The van der Waals surface area contributed by atoms with Crippen LogP contribution in [-0.2, 0) is 9.84 Å². The van der Waals surface area contributed by atoms with Crippen molar-refractivity contribution in [1.82, 2.24) is 5.32 Å². The molecule has 1 aliphatic rings. The number of hydrogen-bond donors (Lipinski definition) is 1. The van der Waals surface area contributed by atoms with Crippen LogP contribution in [0.25, 0.3) is 0 Å². The molecule has 0 amide bonds. The van der Waals surface area contributed by atoms with Gasteiger partial charge < -0.3 is 5.32 Å². The quantitative estimate of drug-likeness (QED) is 0.909. The van der Waals surface area contributed by atoms with E-state index in [-0.39, 0.29) is 23.4 Å². The molecular weight excluding hydrogens is 277 g/mol. The van der Waals surface area contributed by atoms with Gasteiger partial charge in [0, 0.05) is 11.6 Å². The second-order valence-electron chi connectivity index (χ2n) is 5.49. The maximum atomic E-state index is 13.8. The third kappa shape index (κ3) is 4.03. The third-order valence-corrected chi connectivity index (χ3v) is 5.73. The summed E-state index contributed by atoms with van der Waals surface area (Å²) < 4.78 is 36.5. The summed E-state index contributed by atoms with van der Waals surface area (Å²) in [5.74, 6) is 0.767. The Bertz CT molecular complexity index is 531. The molecule has 2 rings (SSSR count). The zero-order chi connectivity index (χ0) is 14.6. The SMILES string of the molecule is CC[C@@H](NCC1CCS(=O)(=O)CC1)c1ccccc1F. The van der Waals surface area contributed by atoms with E-state index in [2.05, 4.69) is 5.32 Å². The standard InChI is InChI=1S/C15H22FNO2S/c1-2-15(13-5-3-4-6-14(13)16)17-11-12-7-9-20(18,19)10-8-12/h3-6,12,15,17H,2,7-11H2,1H3/t15-/m1/s1. The molecule has 1 aromatic carbocycles. The highest BCUT2D eigenvalue weighted by molar-refractivity contribution is 7.91. The van der Waals surface area contributed by atoms with Gasteiger partial charge in [0.15, 0.2) is 0 Å². The predicted octanol–water partition coefficient (Wildman–Crippen LogP) is 2.69. The minimum absolute atomic E-state index is 0.00488. The van der Waals surface area contributed by atoms with Gasteiger partial charge in [-0.3, -0.25) is 0 Å². The normalized spacial score (nSPS) is 20.7. The molecule has 0 unspecified atom stereocenters. The number of benzene rings is 1. The third-order valence-electron chi connectivity index (χ3n) is 4.02. The van der Waals surface area contributed by atoms with E-state index in [4.69, 9.17) is 0 Å². The molecule has 1 N–H and O–H groups in total. The molecule has 3 nitrogen and oxygen atoms in total. The first kappa shape index (κ1) is 15.4. The van der Waals surface area contributed by atoms with Gasteiger partial charge >= 0.3 is 0 Å². The Kier molecular flexibility index (Phi) is 5.16. The van der Waals surface area contributed by atoms with Crippen molar-refractivity contribution >= 4 is 9.84 Å². The molecule has 1 fully saturated rings. The average Bonchev–Trinajstić information content (AvgIpc) is 2.43. The average molecular weight is 299 g/mol. The summed E-state index contributed by atoms with van der Waals surface area (Å²) in [5, 5.41) is 3.39. The number of sulfone groups is 1. The van der Waals surface area contributed by atoms with Gasteiger partial charge in [0.2, 0.25) is 0 Å². The molecule has 112 valence electrons. The van der Waals surface area contributed by atoms with E-state index in [1.165, 1.54) is 6.07 Å². The molecule has 1 heterocycles. The molecule has 1 aromatic rings. The largest absolute Gasteiger partial charge is 0.310 e. The fraction of sp³-hybridized carbons (Fsp3) is 0.600. The van der Waals surface area contributed by atoms with Crippen molar-refractivity contribution in [2.75, 3.05) is 18.1 Å². The van der Waals surface area contributed by atoms with Crippen LogP contribution in [0.5, 0.6) is 0 Å². The number of hydrogen-bond acceptors (Lipinski definition) is 3. The Labute approximate surface area is 120 Å². The van der Waals surface area contributed by atoms with Crippen LogP contribution < -0.4 is 5.32 Å². The summed E-state index contributed by atoms with van der Waals surface area (Å²) in [5.41, 5.74) is 0.693. The predicted molar refractivity (Wildman–Crippen MR) is 78.8 cm³/mol. The first-order chi connectivity index (χ1) is 9.52. The van der Waals surface area contributed by atoms with Crippen LogP contribution in [0.4, 0.5) is 4.39 Å². The molecule has 1 atom stereocenters. The van der Waals surface area contributed by atoms with Crippen LogP contribution in [-0.4, -0.2) is 26.5 Å². The Balaban J connectivity index is 1.91. The monoisotopic (exact) mass is 299 g/mol. The van der Waals surface area contributed by atoms with Gasteiger partial charge in [-0.25, -0.2) is 12.8 Å². The van der Waals surface area contributed by atoms with E-state index in [1.54, 1.807) is 6.07 Å². The number of halogens is 1. The summed E-state index contributed by atoms with van der Waals surface area (Å²) >= 11 is 0. The second-order valence-corrected chi connectivity index (χ2v) is 7.79. The van der Waals surface area contributed by atoms with E-state index in [0.29, 0.717) is 24.3 Å².